The van der Waals surface area contributed by atoms with Gasteiger partial charge in [0, 0.05) is 19.3 Å². The van der Waals surface area contributed by atoms with Gasteiger partial charge in [-0.25, -0.2) is 0 Å². The number of para-hydroxylation sites is 1. The summed E-state index contributed by atoms with van der Waals surface area (Å²) in [5.74, 6) is 0. The molecule has 0 unspecified atom stereocenters. The molecule has 3 aromatic rings. The van der Waals surface area contributed by atoms with Gasteiger partial charge in [-0.15, -0.1) is 0 Å². The van der Waals surface area contributed by atoms with Crippen molar-refractivity contribution in [3.05, 3.63) is 71.4 Å². The number of rotatable bonds is 4. The van der Waals surface area contributed by atoms with Crippen molar-refractivity contribution in [2.24, 2.45) is 0 Å². The fraction of sp³-hybridized carbons (Fsp3) is 0.167. The Labute approximate surface area is 124 Å². The second-order valence-electron chi connectivity index (χ2n) is 5.14. The van der Waals surface area contributed by atoms with E-state index in [1.807, 2.05) is 31.3 Å². The monoisotopic (exact) mass is 275 g/mol. The quantitative estimate of drug-likeness (QED) is 0.794. The first-order valence-electron chi connectivity index (χ1n) is 7.02. The Bertz CT molecular complexity index is 791. The predicted molar refractivity (Wildman–Crippen MR) is 85.0 cm³/mol. The Morgan fingerprint density at radius 3 is 2.62 bits per heavy atom. The summed E-state index contributed by atoms with van der Waals surface area (Å²) < 4.78 is 2.27. The minimum Gasteiger partial charge on any atom is -0.343 e. The molecule has 0 fully saturated rings. The normalized spacial score (nSPS) is 10.7. The lowest BCUT2D eigenvalue weighted by molar-refractivity contribution is 0.796. The van der Waals surface area contributed by atoms with Gasteiger partial charge in [0.1, 0.15) is 0 Å². The molecule has 3 heteroatoms. The van der Waals surface area contributed by atoms with Crippen molar-refractivity contribution >= 4 is 10.9 Å². The molecule has 1 N–H and O–H groups in total. The van der Waals surface area contributed by atoms with E-state index in [9.17, 15) is 0 Å². The number of benzene rings is 2. The van der Waals surface area contributed by atoms with Crippen molar-refractivity contribution in [3.8, 4) is 6.07 Å². The summed E-state index contributed by atoms with van der Waals surface area (Å²) >= 11 is 0. The molecule has 1 aromatic heterocycles. The van der Waals surface area contributed by atoms with Crippen molar-refractivity contribution in [3.63, 3.8) is 0 Å². The molecular weight excluding hydrogens is 258 g/mol. The van der Waals surface area contributed by atoms with Gasteiger partial charge in [-0.05, 0) is 41.8 Å². The van der Waals surface area contributed by atoms with Crippen LogP contribution in [-0.2, 0) is 13.1 Å². The van der Waals surface area contributed by atoms with E-state index in [-0.39, 0.29) is 0 Å². The Morgan fingerprint density at radius 2 is 1.90 bits per heavy atom. The van der Waals surface area contributed by atoms with Gasteiger partial charge in [0.25, 0.3) is 0 Å². The van der Waals surface area contributed by atoms with Crippen LogP contribution in [0.25, 0.3) is 10.9 Å². The number of hydrogen-bond donors (Lipinski definition) is 1. The molecule has 0 spiro atoms. The maximum Gasteiger partial charge on any atom is 0.0991 e. The van der Waals surface area contributed by atoms with Gasteiger partial charge in [-0.1, -0.05) is 30.3 Å². The third-order valence-electron chi connectivity index (χ3n) is 3.68. The Balaban J connectivity index is 1.98. The number of nitrogens with one attached hydrogen (secondary N) is 1. The molecular formula is C18H17N3. The van der Waals surface area contributed by atoms with Crippen molar-refractivity contribution in [2.45, 2.75) is 13.1 Å². The molecule has 21 heavy (non-hydrogen) atoms. The van der Waals surface area contributed by atoms with E-state index in [1.165, 1.54) is 22.0 Å². The van der Waals surface area contributed by atoms with Gasteiger partial charge < -0.3 is 9.88 Å². The minimum atomic E-state index is 0.701. The van der Waals surface area contributed by atoms with Crippen LogP contribution in [0.5, 0.6) is 0 Å². The highest BCUT2D eigenvalue weighted by Gasteiger charge is 2.06. The Kier molecular flexibility index (Phi) is 3.72. The highest BCUT2D eigenvalue weighted by molar-refractivity contribution is 5.83. The van der Waals surface area contributed by atoms with Gasteiger partial charge in [0.15, 0.2) is 0 Å². The van der Waals surface area contributed by atoms with E-state index in [0.29, 0.717) is 5.56 Å². The zero-order valence-electron chi connectivity index (χ0n) is 12.0. The molecule has 0 aliphatic carbocycles. The van der Waals surface area contributed by atoms with E-state index in [4.69, 9.17) is 5.26 Å². The minimum absolute atomic E-state index is 0.701. The summed E-state index contributed by atoms with van der Waals surface area (Å²) in [7, 11) is 1.97. The molecule has 0 aliphatic rings. The summed E-state index contributed by atoms with van der Waals surface area (Å²) in [6, 6.07) is 18.5. The molecule has 0 saturated carbocycles. The van der Waals surface area contributed by atoms with Crippen LogP contribution in [0.1, 0.15) is 16.7 Å². The smallest absolute Gasteiger partial charge is 0.0991 e. The van der Waals surface area contributed by atoms with Crippen molar-refractivity contribution in [2.75, 3.05) is 7.05 Å². The summed E-state index contributed by atoms with van der Waals surface area (Å²) in [5, 5.41) is 13.3. The summed E-state index contributed by atoms with van der Waals surface area (Å²) in [4.78, 5) is 0. The van der Waals surface area contributed by atoms with Crippen molar-refractivity contribution in [1.82, 2.24) is 9.88 Å². The molecule has 0 radical (unpaired) electrons. The summed E-state index contributed by atoms with van der Waals surface area (Å²) in [6.07, 6.45) is 2.13. The molecule has 0 amide bonds. The van der Waals surface area contributed by atoms with E-state index in [2.05, 4.69) is 46.4 Å². The maximum absolute atomic E-state index is 8.86. The Morgan fingerprint density at radius 1 is 1.10 bits per heavy atom. The fourth-order valence-electron chi connectivity index (χ4n) is 2.69. The van der Waals surface area contributed by atoms with Gasteiger partial charge >= 0.3 is 0 Å². The first kappa shape index (κ1) is 13.4. The van der Waals surface area contributed by atoms with Crippen LogP contribution in [0, 0.1) is 11.3 Å². The Hall–Kier alpha value is -2.57. The summed E-state index contributed by atoms with van der Waals surface area (Å²) in [6.45, 7) is 1.67. The van der Waals surface area contributed by atoms with Crippen LogP contribution in [0.2, 0.25) is 0 Å². The molecule has 0 atom stereocenters. The van der Waals surface area contributed by atoms with Gasteiger partial charge in [0.05, 0.1) is 17.1 Å². The second-order valence-corrected chi connectivity index (χ2v) is 5.14. The van der Waals surface area contributed by atoms with E-state index in [1.54, 1.807) is 0 Å². The lowest BCUT2D eigenvalue weighted by atomic mass is 10.1. The standard InChI is InChI=1S/C18H17N3/c1-20-12-17-4-2-3-16-9-10-21(18(16)17)13-15-7-5-14(11-19)6-8-15/h2-10,20H,12-13H2,1H3. The molecule has 0 aliphatic heterocycles. The summed E-state index contributed by atoms with van der Waals surface area (Å²) in [5.41, 5.74) is 4.47. The number of aromatic nitrogens is 1. The van der Waals surface area contributed by atoms with Crippen LogP contribution in [0.4, 0.5) is 0 Å². The van der Waals surface area contributed by atoms with E-state index < -0.39 is 0 Å². The average molecular weight is 275 g/mol. The van der Waals surface area contributed by atoms with Crippen LogP contribution in [0.15, 0.2) is 54.7 Å². The van der Waals surface area contributed by atoms with Gasteiger partial charge in [-0.3, -0.25) is 0 Å². The molecule has 0 bridgehead atoms. The molecule has 0 saturated heterocycles. The van der Waals surface area contributed by atoms with Crippen molar-refractivity contribution in [1.29, 1.82) is 5.26 Å². The van der Waals surface area contributed by atoms with Crippen LogP contribution >= 0.6 is 0 Å². The SMILES string of the molecule is CNCc1cccc2ccn(Cc3ccc(C#N)cc3)c12. The van der Waals surface area contributed by atoms with Crippen LogP contribution in [-0.4, -0.2) is 11.6 Å². The third-order valence-corrected chi connectivity index (χ3v) is 3.68. The number of hydrogen-bond acceptors (Lipinski definition) is 2. The highest BCUT2D eigenvalue weighted by Crippen LogP contribution is 2.21. The van der Waals surface area contributed by atoms with Gasteiger partial charge in [0.2, 0.25) is 0 Å². The van der Waals surface area contributed by atoms with Crippen molar-refractivity contribution < 1.29 is 0 Å². The largest absolute Gasteiger partial charge is 0.343 e. The third kappa shape index (κ3) is 2.67. The average Bonchev–Trinajstić information content (AvgIpc) is 2.93. The fourth-order valence-corrected chi connectivity index (χ4v) is 2.69. The lowest BCUT2D eigenvalue weighted by Gasteiger charge is -2.10. The first-order chi connectivity index (χ1) is 10.3. The topological polar surface area (TPSA) is 40.8 Å². The number of nitriles is 1. The highest BCUT2D eigenvalue weighted by atomic mass is 15.0. The molecule has 1 heterocycles. The molecule has 3 nitrogen and oxygen atoms in total. The predicted octanol–water partition coefficient (Wildman–Crippen LogP) is 3.28. The zero-order chi connectivity index (χ0) is 14.7. The molecule has 3 rings (SSSR count). The molecule has 104 valence electrons. The van der Waals surface area contributed by atoms with E-state index in [0.717, 1.165) is 13.1 Å². The zero-order valence-corrected chi connectivity index (χ0v) is 12.0. The second kappa shape index (κ2) is 5.82. The maximum atomic E-state index is 8.86. The first-order valence-corrected chi connectivity index (χ1v) is 7.02. The number of fused-ring (bicyclic) bond motifs is 1. The van der Waals surface area contributed by atoms with Crippen LogP contribution < -0.4 is 5.32 Å². The van der Waals surface area contributed by atoms with E-state index >= 15 is 0 Å². The van der Waals surface area contributed by atoms with Crippen LogP contribution in [0.3, 0.4) is 0 Å². The van der Waals surface area contributed by atoms with Gasteiger partial charge in [-0.2, -0.15) is 5.26 Å². The number of nitrogens with zero attached hydrogens (tertiary/aromatic N) is 2. The lowest BCUT2D eigenvalue weighted by Crippen LogP contribution is -2.07. The molecule has 2 aromatic carbocycles.